The molecule has 0 amide bonds. The van der Waals surface area contributed by atoms with Gasteiger partial charge in [0.25, 0.3) is 0 Å². The van der Waals surface area contributed by atoms with E-state index in [0.29, 0.717) is 0 Å². The summed E-state index contributed by atoms with van der Waals surface area (Å²) in [4.78, 5) is 4.54. The molecule has 1 unspecified atom stereocenters. The van der Waals surface area contributed by atoms with Crippen LogP contribution in [0.4, 0.5) is 0 Å². The van der Waals surface area contributed by atoms with E-state index in [9.17, 15) is 0 Å². The van der Waals surface area contributed by atoms with Gasteiger partial charge in [-0.2, -0.15) is 0 Å². The largest absolute Gasteiger partial charge is 0.264 e. The molecule has 0 saturated carbocycles. The highest BCUT2D eigenvalue weighted by atomic mass is 14.6. The SMILES string of the molecule is c1ccc2c(c1)-c1cnccc1C21c2ccccc2-c2cc3c(cc21)Cc1c-3ccc2ccccc12. The zero-order valence-electron chi connectivity index (χ0n) is 19.6. The minimum Gasteiger partial charge on any atom is -0.264 e. The highest BCUT2D eigenvalue weighted by Crippen LogP contribution is 2.63. The minimum absolute atomic E-state index is 0.299. The molecular weight excluding hydrogens is 434 g/mol. The Bertz CT molecular complexity index is 1880. The monoisotopic (exact) mass is 455 g/mol. The summed E-state index contributed by atoms with van der Waals surface area (Å²) in [5.41, 5.74) is 16.2. The Kier molecular flexibility index (Phi) is 3.33. The molecule has 0 saturated heterocycles. The van der Waals surface area contributed by atoms with E-state index in [1.54, 1.807) is 0 Å². The van der Waals surface area contributed by atoms with Gasteiger partial charge in [-0.1, -0.05) is 91.0 Å². The standard InChI is InChI=1S/C35H21N/c1-2-8-23-21(7-1)13-14-24-27-19-29-25-9-3-5-11-31(25)35(34(29)18-22(27)17-28(23)24)32-12-6-4-10-26(32)30-20-36-16-15-33(30)35/h1-16,18-20H,17H2. The average molecular weight is 456 g/mol. The van der Waals surface area contributed by atoms with E-state index in [2.05, 4.69) is 114 Å². The predicted molar refractivity (Wildman–Crippen MR) is 146 cm³/mol. The van der Waals surface area contributed by atoms with Crippen molar-refractivity contribution in [1.82, 2.24) is 4.98 Å². The number of rotatable bonds is 0. The molecule has 36 heavy (non-hydrogen) atoms. The molecule has 1 heteroatoms. The molecule has 3 aliphatic carbocycles. The Labute approximate surface area is 209 Å². The smallest absolute Gasteiger partial charge is 0.0726 e. The fraction of sp³-hybridized carbons (Fsp3) is 0.0571. The van der Waals surface area contributed by atoms with Gasteiger partial charge in [-0.15, -0.1) is 0 Å². The highest BCUT2D eigenvalue weighted by molar-refractivity contribution is 6.00. The van der Waals surface area contributed by atoms with E-state index in [4.69, 9.17) is 0 Å². The van der Waals surface area contributed by atoms with E-state index in [1.165, 1.54) is 77.5 Å². The first kappa shape index (κ1) is 18.8. The fourth-order valence-corrected chi connectivity index (χ4v) is 7.44. The molecule has 0 N–H and O–H groups in total. The summed E-state index contributed by atoms with van der Waals surface area (Å²) in [6, 6.07) is 38.7. The molecule has 0 aliphatic heterocycles. The normalized spacial score (nSPS) is 17.4. The van der Waals surface area contributed by atoms with Gasteiger partial charge in [0.15, 0.2) is 0 Å². The van der Waals surface area contributed by atoms with Gasteiger partial charge in [-0.3, -0.25) is 4.98 Å². The van der Waals surface area contributed by atoms with E-state index in [-0.39, 0.29) is 5.41 Å². The van der Waals surface area contributed by atoms with Gasteiger partial charge in [0.05, 0.1) is 5.41 Å². The lowest BCUT2D eigenvalue weighted by Crippen LogP contribution is -2.26. The quantitative estimate of drug-likeness (QED) is 0.225. The van der Waals surface area contributed by atoms with Gasteiger partial charge in [-0.05, 0) is 90.5 Å². The van der Waals surface area contributed by atoms with E-state index in [1.807, 2.05) is 6.20 Å². The van der Waals surface area contributed by atoms with Crippen LogP contribution in [-0.4, -0.2) is 4.98 Å². The second-order valence-corrected chi connectivity index (χ2v) is 10.3. The maximum atomic E-state index is 4.54. The van der Waals surface area contributed by atoms with Crippen molar-refractivity contribution in [3.05, 3.63) is 149 Å². The summed E-state index contributed by atoms with van der Waals surface area (Å²) >= 11 is 0. The molecule has 9 rings (SSSR count). The lowest BCUT2D eigenvalue weighted by atomic mass is 9.70. The van der Waals surface area contributed by atoms with Crippen molar-refractivity contribution in [1.29, 1.82) is 0 Å². The second kappa shape index (κ2) is 6.38. The van der Waals surface area contributed by atoms with Crippen LogP contribution in [0, 0.1) is 0 Å². The van der Waals surface area contributed by atoms with Crippen LogP contribution in [-0.2, 0) is 11.8 Å². The molecule has 1 aromatic heterocycles. The maximum absolute atomic E-state index is 4.54. The molecule has 1 spiro atoms. The van der Waals surface area contributed by atoms with Gasteiger partial charge < -0.3 is 0 Å². The van der Waals surface area contributed by atoms with E-state index < -0.39 is 0 Å². The van der Waals surface area contributed by atoms with Crippen molar-refractivity contribution in [2.24, 2.45) is 0 Å². The maximum Gasteiger partial charge on any atom is 0.0726 e. The van der Waals surface area contributed by atoms with Crippen molar-refractivity contribution in [2.45, 2.75) is 11.8 Å². The number of hydrogen-bond acceptors (Lipinski definition) is 1. The minimum atomic E-state index is -0.299. The summed E-state index contributed by atoms with van der Waals surface area (Å²) < 4.78 is 0. The molecule has 0 bridgehead atoms. The number of aromatic nitrogens is 1. The molecule has 166 valence electrons. The molecule has 1 nitrogen and oxygen atoms in total. The topological polar surface area (TPSA) is 12.9 Å². The third kappa shape index (κ3) is 2.04. The first-order chi connectivity index (χ1) is 17.9. The Balaban J connectivity index is 1.40. The van der Waals surface area contributed by atoms with Crippen LogP contribution < -0.4 is 0 Å². The third-order valence-corrected chi connectivity index (χ3v) is 8.81. The number of nitrogens with zero attached hydrogens (tertiary/aromatic N) is 1. The third-order valence-electron chi connectivity index (χ3n) is 8.81. The van der Waals surface area contributed by atoms with Crippen LogP contribution in [0.25, 0.3) is 44.2 Å². The Morgan fingerprint density at radius 2 is 1.25 bits per heavy atom. The van der Waals surface area contributed by atoms with Crippen LogP contribution in [0.3, 0.4) is 0 Å². The van der Waals surface area contributed by atoms with Crippen molar-refractivity contribution in [3.63, 3.8) is 0 Å². The van der Waals surface area contributed by atoms with E-state index >= 15 is 0 Å². The van der Waals surface area contributed by atoms with Crippen LogP contribution in [0.5, 0.6) is 0 Å². The molecule has 0 radical (unpaired) electrons. The Morgan fingerprint density at radius 3 is 2.11 bits per heavy atom. The first-order valence-corrected chi connectivity index (χ1v) is 12.7. The first-order valence-electron chi connectivity index (χ1n) is 12.7. The fourth-order valence-electron chi connectivity index (χ4n) is 7.44. The zero-order chi connectivity index (χ0) is 23.4. The summed E-state index contributed by atoms with van der Waals surface area (Å²) in [5.74, 6) is 0. The van der Waals surface area contributed by atoms with Gasteiger partial charge in [0, 0.05) is 18.0 Å². The molecular formula is C35H21N. The van der Waals surface area contributed by atoms with Crippen LogP contribution >= 0.6 is 0 Å². The molecule has 1 atom stereocenters. The summed E-state index contributed by atoms with van der Waals surface area (Å²) in [6.45, 7) is 0. The van der Waals surface area contributed by atoms with Gasteiger partial charge in [0.1, 0.15) is 0 Å². The van der Waals surface area contributed by atoms with E-state index in [0.717, 1.165) is 6.42 Å². The Morgan fingerprint density at radius 1 is 0.528 bits per heavy atom. The van der Waals surface area contributed by atoms with Crippen LogP contribution in [0.1, 0.15) is 33.4 Å². The van der Waals surface area contributed by atoms with Crippen molar-refractivity contribution in [3.8, 4) is 33.4 Å². The number of fused-ring (bicyclic) bond motifs is 15. The molecule has 0 fully saturated rings. The number of pyridine rings is 1. The summed E-state index contributed by atoms with van der Waals surface area (Å²) in [6.07, 6.45) is 5.00. The van der Waals surface area contributed by atoms with Crippen LogP contribution in [0.15, 0.2) is 116 Å². The van der Waals surface area contributed by atoms with Crippen molar-refractivity contribution in [2.75, 3.05) is 0 Å². The van der Waals surface area contributed by atoms with Crippen molar-refractivity contribution >= 4 is 10.8 Å². The average Bonchev–Trinajstić information content (AvgIpc) is 3.56. The van der Waals surface area contributed by atoms with Gasteiger partial charge >= 0.3 is 0 Å². The van der Waals surface area contributed by atoms with Gasteiger partial charge in [-0.25, -0.2) is 0 Å². The Hall–Kier alpha value is -4.49. The van der Waals surface area contributed by atoms with Gasteiger partial charge in [0.2, 0.25) is 0 Å². The highest BCUT2D eigenvalue weighted by Gasteiger charge is 2.52. The predicted octanol–water partition coefficient (Wildman–Crippen LogP) is 8.15. The second-order valence-electron chi connectivity index (χ2n) is 10.3. The molecule has 3 aliphatic rings. The summed E-state index contributed by atoms with van der Waals surface area (Å²) in [5, 5.41) is 2.70. The number of hydrogen-bond donors (Lipinski definition) is 0. The van der Waals surface area contributed by atoms with Crippen LogP contribution in [0.2, 0.25) is 0 Å². The molecule has 1 heterocycles. The van der Waals surface area contributed by atoms with Crippen molar-refractivity contribution < 1.29 is 0 Å². The lowest BCUT2D eigenvalue weighted by Gasteiger charge is -2.30. The molecule has 5 aromatic carbocycles. The number of benzene rings is 5. The molecule has 6 aromatic rings. The lowest BCUT2D eigenvalue weighted by molar-refractivity contribution is 0.791. The zero-order valence-corrected chi connectivity index (χ0v) is 19.6. The summed E-state index contributed by atoms with van der Waals surface area (Å²) in [7, 11) is 0.